The summed E-state index contributed by atoms with van der Waals surface area (Å²) < 4.78 is 25.2. The topological polar surface area (TPSA) is 75.3 Å². The fourth-order valence-corrected chi connectivity index (χ4v) is 2.72. The number of carbonyl (C=O) groups excluding carboxylic acids is 1. The third-order valence-electron chi connectivity index (χ3n) is 3.42. The minimum Gasteiger partial charge on any atom is -0.322 e. The van der Waals surface area contributed by atoms with Crippen molar-refractivity contribution in [1.29, 1.82) is 0 Å². The Hall–Kier alpha value is -2.34. The summed E-state index contributed by atoms with van der Waals surface area (Å²) in [4.78, 5) is 12.3. The summed E-state index contributed by atoms with van der Waals surface area (Å²) in [7, 11) is -3.39. The Morgan fingerprint density at radius 1 is 1.09 bits per heavy atom. The largest absolute Gasteiger partial charge is 0.322 e. The number of aryl methyl sites for hydroxylation is 2. The molecule has 122 valence electrons. The lowest BCUT2D eigenvalue weighted by atomic mass is 10.1. The predicted molar refractivity (Wildman–Crippen MR) is 93.4 cm³/mol. The van der Waals surface area contributed by atoms with E-state index in [0.29, 0.717) is 16.9 Å². The molecule has 2 aromatic rings. The Labute approximate surface area is 136 Å². The lowest BCUT2D eigenvalue weighted by Crippen LogP contribution is -2.14. The van der Waals surface area contributed by atoms with Crippen LogP contribution in [-0.4, -0.2) is 20.6 Å². The second kappa shape index (κ2) is 6.83. The summed E-state index contributed by atoms with van der Waals surface area (Å²) in [6.07, 6.45) is 2.02. The van der Waals surface area contributed by atoms with Crippen LogP contribution in [0.1, 0.15) is 28.4 Å². The van der Waals surface area contributed by atoms with E-state index in [4.69, 9.17) is 0 Å². The van der Waals surface area contributed by atoms with Crippen LogP contribution in [0, 0.1) is 6.92 Å². The molecule has 0 aliphatic carbocycles. The predicted octanol–water partition coefficient (Wildman–Crippen LogP) is 3.18. The molecule has 6 heteroatoms. The van der Waals surface area contributed by atoms with E-state index in [0.717, 1.165) is 18.2 Å². The molecule has 0 fully saturated rings. The Bertz CT molecular complexity index is 812. The summed E-state index contributed by atoms with van der Waals surface area (Å²) in [6, 6.07) is 12.5. The summed E-state index contributed by atoms with van der Waals surface area (Å²) in [6.45, 7) is 3.84. The minimum atomic E-state index is -3.39. The zero-order valence-electron chi connectivity index (χ0n) is 13.4. The molecule has 1 amide bonds. The van der Waals surface area contributed by atoms with Crippen molar-refractivity contribution in [3.05, 3.63) is 59.2 Å². The number of hydrogen-bond acceptors (Lipinski definition) is 3. The van der Waals surface area contributed by atoms with Gasteiger partial charge >= 0.3 is 0 Å². The number of nitrogens with one attached hydrogen (secondary N) is 2. The van der Waals surface area contributed by atoms with Gasteiger partial charge in [-0.25, -0.2) is 8.42 Å². The Morgan fingerprint density at radius 2 is 1.74 bits per heavy atom. The number of benzene rings is 2. The van der Waals surface area contributed by atoms with Gasteiger partial charge in [-0.05, 0) is 48.7 Å². The van der Waals surface area contributed by atoms with E-state index < -0.39 is 10.0 Å². The molecule has 23 heavy (non-hydrogen) atoms. The minimum absolute atomic E-state index is 0.286. The first-order valence-corrected chi connectivity index (χ1v) is 9.16. The molecule has 2 rings (SSSR count). The van der Waals surface area contributed by atoms with Gasteiger partial charge in [0.1, 0.15) is 0 Å². The average Bonchev–Trinajstić information content (AvgIpc) is 2.49. The van der Waals surface area contributed by atoms with Crippen LogP contribution in [0.3, 0.4) is 0 Å². The quantitative estimate of drug-likeness (QED) is 0.883. The molecule has 5 nitrogen and oxygen atoms in total. The molecule has 0 aromatic heterocycles. The van der Waals surface area contributed by atoms with Gasteiger partial charge in [0.2, 0.25) is 10.0 Å². The molecule has 0 aliphatic heterocycles. The molecule has 2 N–H and O–H groups in total. The van der Waals surface area contributed by atoms with Gasteiger partial charge in [0.15, 0.2) is 0 Å². The van der Waals surface area contributed by atoms with Crippen molar-refractivity contribution >= 4 is 27.3 Å². The zero-order valence-corrected chi connectivity index (χ0v) is 14.2. The van der Waals surface area contributed by atoms with Gasteiger partial charge in [-0.1, -0.05) is 25.1 Å². The van der Waals surface area contributed by atoms with Crippen LogP contribution in [-0.2, 0) is 16.4 Å². The average molecular weight is 332 g/mol. The van der Waals surface area contributed by atoms with E-state index in [9.17, 15) is 13.2 Å². The zero-order chi connectivity index (χ0) is 17.0. The van der Waals surface area contributed by atoms with Crippen molar-refractivity contribution in [3.8, 4) is 0 Å². The van der Waals surface area contributed by atoms with Gasteiger partial charge < -0.3 is 5.32 Å². The van der Waals surface area contributed by atoms with Crippen molar-refractivity contribution in [1.82, 2.24) is 0 Å². The van der Waals surface area contributed by atoms with Gasteiger partial charge in [-0.15, -0.1) is 0 Å². The van der Waals surface area contributed by atoms with Crippen LogP contribution in [0.25, 0.3) is 0 Å². The SMILES string of the molecule is CCc1ccc(NC(=O)c2ccc(C)c(NS(C)(=O)=O)c2)cc1. The molecule has 0 saturated carbocycles. The number of carbonyl (C=O) groups is 1. The third kappa shape index (κ3) is 4.82. The van der Waals surface area contributed by atoms with Crippen molar-refractivity contribution in [2.45, 2.75) is 20.3 Å². The molecule has 2 aromatic carbocycles. The Morgan fingerprint density at radius 3 is 2.30 bits per heavy atom. The maximum Gasteiger partial charge on any atom is 0.255 e. The first-order chi connectivity index (χ1) is 10.8. The van der Waals surface area contributed by atoms with Gasteiger partial charge in [0, 0.05) is 11.3 Å². The first-order valence-electron chi connectivity index (χ1n) is 7.27. The van der Waals surface area contributed by atoms with Crippen LogP contribution >= 0.6 is 0 Å². The highest BCUT2D eigenvalue weighted by molar-refractivity contribution is 7.92. The number of rotatable bonds is 5. The van der Waals surface area contributed by atoms with Gasteiger partial charge in [0.25, 0.3) is 5.91 Å². The fraction of sp³-hybridized carbons (Fsp3) is 0.235. The number of amides is 1. The monoisotopic (exact) mass is 332 g/mol. The highest BCUT2D eigenvalue weighted by Crippen LogP contribution is 2.19. The highest BCUT2D eigenvalue weighted by atomic mass is 32.2. The normalized spacial score (nSPS) is 11.1. The maximum absolute atomic E-state index is 12.3. The summed E-state index contributed by atoms with van der Waals surface area (Å²) in [5, 5.41) is 2.80. The molecule has 0 spiro atoms. The van der Waals surface area contributed by atoms with Crippen LogP contribution in [0.5, 0.6) is 0 Å². The molecular weight excluding hydrogens is 312 g/mol. The standard InChI is InChI=1S/C17H20N2O3S/c1-4-13-6-9-15(10-7-13)18-17(20)14-8-5-12(2)16(11-14)19-23(3,21)22/h5-11,19H,4H2,1-3H3,(H,18,20). The summed E-state index contributed by atoms with van der Waals surface area (Å²) in [5.41, 5.74) is 3.44. The van der Waals surface area contributed by atoms with Crippen molar-refractivity contribution in [2.24, 2.45) is 0 Å². The Balaban J connectivity index is 2.20. The summed E-state index contributed by atoms with van der Waals surface area (Å²) >= 11 is 0. The van der Waals surface area contributed by atoms with Crippen molar-refractivity contribution in [3.63, 3.8) is 0 Å². The van der Waals surface area contributed by atoms with E-state index in [2.05, 4.69) is 17.0 Å². The molecular formula is C17H20N2O3S. The van der Waals surface area contributed by atoms with Crippen molar-refractivity contribution < 1.29 is 13.2 Å². The van der Waals surface area contributed by atoms with Crippen LogP contribution in [0.2, 0.25) is 0 Å². The lowest BCUT2D eigenvalue weighted by Gasteiger charge is -2.11. The first kappa shape index (κ1) is 17.0. The summed E-state index contributed by atoms with van der Waals surface area (Å²) in [5.74, 6) is -0.286. The van der Waals surface area contributed by atoms with Crippen molar-refractivity contribution in [2.75, 3.05) is 16.3 Å². The molecule has 0 radical (unpaired) electrons. The number of anilines is 2. The molecule has 0 bridgehead atoms. The number of sulfonamides is 1. The van der Waals surface area contributed by atoms with Gasteiger partial charge in [-0.2, -0.15) is 0 Å². The second-order valence-corrected chi connectivity index (χ2v) is 7.16. The van der Waals surface area contributed by atoms with E-state index in [1.807, 2.05) is 24.3 Å². The lowest BCUT2D eigenvalue weighted by molar-refractivity contribution is 0.102. The van der Waals surface area contributed by atoms with E-state index >= 15 is 0 Å². The second-order valence-electron chi connectivity index (χ2n) is 5.41. The van der Waals surface area contributed by atoms with E-state index in [-0.39, 0.29) is 5.91 Å². The van der Waals surface area contributed by atoms with E-state index in [1.54, 1.807) is 19.1 Å². The van der Waals surface area contributed by atoms with E-state index in [1.165, 1.54) is 11.6 Å². The highest BCUT2D eigenvalue weighted by Gasteiger charge is 2.11. The van der Waals surface area contributed by atoms with Crippen LogP contribution < -0.4 is 10.0 Å². The molecule has 0 saturated heterocycles. The molecule has 0 heterocycles. The maximum atomic E-state index is 12.3. The molecule has 0 atom stereocenters. The third-order valence-corrected chi connectivity index (χ3v) is 4.01. The Kier molecular flexibility index (Phi) is 5.05. The van der Waals surface area contributed by atoms with Crippen LogP contribution in [0.4, 0.5) is 11.4 Å². The molecule has 0 aliphatic rings. The fourth-order valence-electron chi connectivity index (χ4n) is 2.10. The van der Waals surface area contributed by atoms with Crippen LogP contribution in [0.15, 0.2) is 42.5 Å². The number of hydrogen-bond donors (Lipinski definition) is 2. The molecule has 0 unspecified atom stereocenters. The van der Waals surface area contributed by atoms with Gasteiger partial charge in [-0.3, -0.25) is 9.52 Å². The smallest absolute Gasteiger partial charge is 0.255 e. The van der Waals surface area contributed by atoms with Gasteiger partial charge in [0.05, 0.1) is 11.9 Å².